The van der Waals surface area contributed by atoms with Gasteiger partial charge < -0.3 is 14.7 Å². The van der Waals surface area contributed by atoms with Crippen molar-refractivity contribution in [2.75, 3.05) is 39.3 Å². The maximum atomic E-state index is 10.6. The molecule has 5 heteroatoms. The van der Waals surface area contributed by atoms with E-state index in [1.165, 1.54) is 5.56 Å². The van der Waals surface area contributed by atoms with E-state index in [-0.39, 0.29) is 6.42 Å². The summed E-state index contributed by atoms with van der Waals surface area (Å²) in [5.41, 5.74) is 1.22. The SMILES string of the molecule is CCOc1ccccc1CN1CCN(CCC(=O)O)CC1. The molecule has 5 nitrogen and oxygen atoms in total. The predicted molar refractivity (Wildman–Crippen MR) is 81.6 cm³/mol. The molecule has 21 heavy (non-hydrogen) atoms. The second-order valence-electron chi connectivity index (χ2n) is 5.30. The molecule has 2 rings (SSSR count). The third-order valence-corrected chi connectivity index (χ3v) is 3.77. The summed E-state index contributed by atoms with van der Waals surface area (Å²) in [6.45, 7) is 8.04. The minimum absolute atomic E-state index is 0.229. The number of rotatable bonds is 7. The Hall–Kier alpha value is -1.59. The van der Waals surface area contributed by atoms with Crippen LogP contribution in [0.4, 0.5) is 0 Å². The lowest BCUT2D eigenvalue weighted by Crippen LogP contribution is -2.46. The van der Waals surface area contributed by atoms with Gasteiger partial charge in [0.2, 0.25) is 0 Å². The zero-order valence-corrected chi connectivity index (χ0v) is 12.6. The summed E-state index contributed by atoms with van der Waals surface area (Å²) in [6, 6.07) is 8.17. The predicted octanol–water partition coefficient (Wildman–Crippen LogP) is 1.68. The van der Waals surface area contributed by atoms with Crippen LogP contribution in [0.15, 0.2) is 24.3 Å². The highest BCUT2D eigenvalue weighted by molar-refractivity contribution is 5.66. The fourth-order valence-electron chi connectivity index (χ4n) is 2.60. The highest BCUT2D eigenvalue weighted by Gasteiger charge is 2.18. The van der Waals surface area contributed by atoms with Gasteiger partial charge in [-0.1, -0.05) is 18.2 Å². The van der Waals surface area contributed by atoms with Crippen molar-refractivity contribution in [3.63, 3.8) is 0 Å². The highest BCUT2D eigenvalue weighted by atomic mass is 16.5. The van der Waals surface area contributed by atoms with Crippen LogP contribution in [0.5, 0.6) is 5.75 Å². The molecule has 1 saturated heterocycles. The second-order valence-corrected chi connectivity index (χ2v) is 5.30. The van der Waals surface area contributed by atoms with Crippen molar-refractivity contribution in [1.82, 2.24) is 9.80 Å². The lowest BCUT2D eigenvalue weighted by atomic mass is 10.1. The molecule has 1 fully saturated rings. The van der Waals surface area contributed by atoms with Gasteiger partial charge in [0.15, 0.2) is 0 Å². The van der Waals surface area contributed by atoms with Crippen molar-refractivity contribution in [2.45, 2.75) is 19.9 Å². The van der Waals surface area contributed by atoms with Crippen molar-refractivity contribution in [3.05, 3.63) is 29.8 Å². The fraction of sp³-hybridized carbons (Fsp3) is 0.562. The van der Waals surface area contributed by atoms with E-state index in [0.29, 0.717) is 13.2 Å². The molecule has 1 aromatic carbocycles. The van der Waals surface area contributed by atoms with Gasteiger partial charge in [0.25, 0.3) is 0 Å². The number of carboxylic acids is 1. The number of hydrogen-bond acceptors (Lipinski definition) is 4. The average molecular weight is 292 g/mol. The Kier molecular flexibility index (Phi) is 6.02. The first-order chi connectivity index (χ1) is 10.2. The number of carbonyl (C=O) groups is 1. The number of carboxylic acid groups (broad SMARTS) is 1. The summed E-state index contributed by atoms with van der Waals surface area (Å²) in [5, 5.41) is 8.72. The van der Waals surface area contributed by atoms with Gasteiger partial charge >= 0.3 is 5.97 Å². The maximum absolute atomic E-state index is 10.6. The maximum Gasteiger partial charge on any atom is 0.304 e. The molecule has 1 aliphatic rings. The summed E-state index contributed by atoms with van der Waals surface area (Å²) < 4.78 is 5.66. The number of ether oxygens (including phenoxy) is 1. The van der Waals surface area contributed by atoms with Gasteiger partial charge in [-0.3, -0.25) is 9.69 Å². The molecular formula is C16H24N2O3. The molecule has 116 valence electrons. The molecule has 0 bridgehead atoms. The van der Waals surface area contributed by atoms with Crippen molar-refractivity contribution in [2.24, 2.45) is 0 Å². The van der Waals surface area contributed by atoms with Crippen LogP contribution < -0.4 is 4.74 Å². The Morgan fingerprint density at radius 3 is 2.52 bits per heavy atom. The minimum atomic E-state index is -0.719. The Morgan fingerprint density at radius 1 is 1.19 bits per heavy atom. The standard InChI is InChI=1S/C16H24N2O3/c1-2-21-15-6-4-3-5-14(15)13-18-11-9-17(10-12-18)8-7-16(19)20/h3-6H,2,7-13H2,1H3,(H,19,20). The molecule has 1 aromatic rings. The molecule has 1 N–H and O–H groups in total. The third kappa shape index (κ3) is 5.02. The molecule has 0 spiro atoms. The van der Waals surface area contributed by atoms with E-state index in [1.54, 1.807) is 0 Å². The van der Waals surface area contributed by atoms with Gasteiger partial charge in [-0.25, -0.2) is 0 Å². The number of para-hydroxylation sites is 1. The zero-order chi connectivity index (χ0) is 15.1. The Labute approximate surface area is 126 Å². The largest absolute Gasteiger partial charge is 0.494 e. The Morgan fingerprint density at radius 2 is 1.86 bits per heavy atom. The van der Waals surface area contributed by atoms with Crippen LogP contribution in [0.2, 0.25) is 0 Å². The van der Waals surface area contributed by atoms with Gasteiger partial charge in [-0.05, 0) is 13.0 Å². The van der Waals surface area contributed by atoms with E-state index in [9.17, 15) is 4.79 Å². The molecule has 0 aromatic heterocycles. The quantitative estimate of drug-likeness (QED) is 0.828. The van der Waals surface area contributed by atoms with Gasteiger partial charge in [-0.15, -0.1) is 0 Å². The average Bonchev–Trinajstić information content (AvgIpc) is 2.49. The van der Waals surface area contributed by atoms with Crippen molar-refractivity contribution in [3.8, 4) is 5.75 Å². The van der Waals surface area contributed by atoms with Crippen molar-refractivity contribution in [1.29, 1.82) is 0 Å². The number of nitrogens with zero attached hydrogens (tertiary/aromatic N) is 2. The van der Waals surface area contributed by atoms with Crippen LogP contribution in [-0.2, 0) is 11.3 Å². The Bertz CT molecular complexity index is 457. The van der Waals surface area contributed by atoms with E-state index in [4.69, 9.17) is 9.84 Å². The van der Waals surface area contributed by atoms with E-state index < -0.39 is 5.97 Å². The number of aliphatic carboxylic acids is 1. The number of piperazine rings is 1. The van der Waals surface area contributed by atoms with E-state index in [0.717, 1.165) is 38.5 Å². The van der Waals surface area contributed by atoms with Gasteiger partial charge in [0.1, 0.15) is 5.75 Å². The number of hydrogen-bond donors (Lipinski definition) is 1. The lowest BCUT2D eigenvalue weighted by Gasteiger charge is -2.34. The molecule has 0 radical (unpaired) electrons. The first-order valence-electron chi connectivity index (χ1n) is 7.56. The van der Waals surface area contributed by atoms with Crippen LogP contribution in [0, 0.1) is 0 Å². The van der Waals surface area contributed by atoms with Crippen LogP contribution in [0.1, 0.15) is 18.9 Å². The first kappa shape index (κ1) is 15.8. The molecule has 0 unspecified atom stereocenters. The summed E-state index contributed by atoms with van der Waals surface area (Å²) in [7, 11) is 0. The summed E-state index contributed by atoms with van der Waals surface area (Å²) in [4.78, 5) is 15.2. The number of benzene rings is 1. The molecular weight excluding hydrogens is 268 g/mol. The molecule has 1 heterocycles. The molecule has 0 aliphatic carbocycles. The third-order valence-electron chi connectivity index (χ3n) is 3.77. The normalized spacial score (nSPS) is 16.8. The smallest absolute Gasteiger partial charge is 0.304 e. The van der Waals surface area contributed by atoms with Gasteiger partial charge in [0, 0.05) is 44.8 Å². The summed E-state index contributed by atoms with van der Waals surface area (Å²) >= 11 is 0. The van der Waals surface area contributed by atoms with Crippen molar-refractivity contribution < 1.29 is 14.6 Å². The van der Waals surface area contributed by atoms with Crippen LogP contribution in [0.25, 0.3) is 0 Å². The van der Waals surface area contributed by atoms with E-state index in [2.05, 4.69) is 15.9 Å². The first-order valence-corrected chi connectivity index (χ1v) is 7.56. The van der Waals surface area contributed by atoms with E-state index in [1.807, 2.05) is 25.1 Å². The summed E-state index contributed by atoms with van der Waals surface area (Å²) in [6.07, 6.45) is 0.229. The molecule has 0 atom stereocenters. The van der Waals surface area contributed by atoms with Crippen LogP contribution in [-0.4, -0.2) is 60.2 Å². The Balaban J connectivity index is 1.82. The molecule has 0 saturated carbocycles. The van der Waals surface area contributed by atoms with Crippen molar-refractivity contribution >= 4 is 5.97 Å². The second kappa shape index (κ2) is 8.00. The van der Waals surface area contributed by atoms with Crippen LogP contribution >= 0.6 is 0 Å². The van der Waals surface area contributed by atoms with E-state index >= 15 is 0 Å². The zero-order valence-electron chi connectivity index (χ0n) is 12.6. The lowest BCUT2D eigenvalue weighted by molar-refractivity contribution is -0.137. The highest BCUT2D eigenvalue weighted by Crippen LogP contribution is 2.20. The van der Waals surface area contributed by atoms with Crippen LogP contribution in [0.3, 0.4) is 0 Å². The monoisotopic (exact) mass is 292 g/mol. The van der Waals surface area contributed by atoms with Gasteiger partial charge in [0.05, 0.1) is 13.0 Å². The summed E-state index contributed by atoms with van der Waals surface area (Å²) in [5.74, 6) is 0.247. The topological polar surface area (TPSA) is 53.0 Å². The molecule has 1 aliphatic heterocycles. The van der Waals surface area contributed by atoms with Gasteiger partial charge in [-0.2, -0.15) is 0 Å². The minimum Gasteiger partial charge on any atom is -0.494 e. The fourth-order valence-corrected chi connectivity index (χ4v) is 2.60. The molecule has 0 amide bonds.